The Balaban J connectivity index is 2.21. The molecule has 0 aliphatic carbocycles. The van der Waals surface area contributed by atoms with Crippen molar-refractivity contribution < 1.29 is 4.79 Å². The second-order valence-corrected chi connectivity index (χ2v) is 5.13. The number of benzene rings is 2. The van der Waals surface area contributed by atoms with Crippen LogP contribution in [-0.2, 0) is 4.79 Å². The predicted molar refractivity (Wildman–Crippen MR) is 78.7 cm³/mol. The van der Waals surface area contributed by atoms with Crippen LogP contribution in [-0.4, -0.2) is 11.7 Å². The van der Waals surface area contributed by atoms with Gasteiger partial charge < -0.3 is 10.7 Å². The average Bonchev–Trinajstić information content (AvgIpc) is 2.49. The molecule has 0 aliphatic heterocycles. The molecule has 0 spiro atoms. The minimum Gasteiger partial charge on any atom is -0.759 e. The van der Waals surface area contributed by atoms with Gasteiger partial charge in [-0.05, 0) is 11.1 Å². The Morgan fingerprint density at radius 2 is 1.47 bits per heavy atom. The minimum atomic E-state index is -0.498. The van der Waals surface area contributed by atoms with Crippen molar-refractivity contribution in [2.75, 3.05) is 5.75 Å². The summed E-state index contributed by atoms with van der Waals surface area (Å²) >= 11 is 1.45. The Hall–Kier alpha value is -1.78. The molecule has 0 saturated heterocycles. The number of hydroxylamine groups is 1. The summed E-state index contributed by atoms with van der Waals surface area (Å²) in [6.45, 7) is 0. The van der Waals surface area contributed by atoms with Crippen molar-refractivity contribution in [1.82, 2.24) is 5.48 Å². The summed E-state index contributed by atoms with van der Waals surface area (Å²) in [4.78, 5) is 11.1. The van der Waals surface area contributed by atoms with Gasteiger partial charge in [0.05, 0.1) is 11.0 Å². The zero-order valence-corrected chi connectivity index (χ0v) is 11.1. The van der Waals surface area contributed by atoms with Crippen molar-refractivity contribution in [1.29, 1.82) is 0 Å². The van der Waals surface area contributed by atoms with Crippen LogP contribution in [0.5, 0.6) is 0 Å². The van der Waals surface area contributed by atoms with E-state index in [0.717, 1.165) is 11.1 Å². The number of hydrogen-bond donors (Lipinski definition) is 1. The van der Waals surface area contributed by atoms with E-state index in [4.69, 9.17) is 0 Å². The van der Waals surface area contributed by atoms with Crippen LogP contribution in [0.25, 0.3) is 0 Å². The molecule has 0 aromatic heterocycles. The van der Waals surface area contributed by atoms with Crippen molar-refractivity contribution in [3.63, 3.8) is 0 Å². The lowest BCUT2D eigenvalue weighted by Gasteiger charge is -2.18. The Labute approximate surface area is 116 Å². The second-order valence-electron chi connectivity index (χ2n) is 4.04. The maximum atomic E-state index is 11.1. The molecule has 0 unspecified atom stereocenters. The number of carbonyl (C=O) groups excluding carboxylic acids is 1. The average molecular weight is 272 g/mol. The minimum absolute atomic E-state index is 0.0553. The van der Waals surface area contributed by atoms with Gasteiger partial charge in [0.15, 0.2) is 0 Å². The van der Waals surface area contributed by atoms with E-state index in [1.54, 1.807) is 0 Å². The molecule has 2 rings (SSSR count). The molecular weight excluding hydrogens is 258 g/mol. The number of nitrogens with one attached hydrogen (secondary N) is 1. The molecule has 4 heteroatoms. The zero-order chi connectivity index (χ0) is 13.5. The molecule has 0 heterocycles. The van der Waals surface area contributed by atoms with E-state index in [1.807, 2.05) is 60.7 Å². The number of thioether (sulfide) groups is 1. The van der Waals surface area contributed by atoms with Gasteiger partial charge in [0.2, 0.25) is 5.91 Å². The highest BCUT2D eigenvalue weighted by Gasteiger charge is 2.15. The summed E-state index contributed by atoms with van der Waals surface area (Å²) < 4.78 is 0. The van der Waals surface area contributed by atoms with Crippen molar-refractivity contribution in [3.8, 4) is 0 Å². The molecule has 0 saturated carbocycles. The van der Waals surface area contributed by atoms with Gasteiger partial charge in [-0.3, -0.25) is 4.79 Å². The molecule has 2 aromatic rings. The Bertz CT molecular complexity index is 477. The SMILES string of the molecule is O=C(CSC(c1ccccc1)c1ccccc1)N[O-]. The van der Waals surface area contributed by atoms with Crippen molar-refractivity contribution in [3.05, 3.63) is 77.0 Å². The summed E-state index contributed by atoms with van der Waals surface area (Å²) in [7, 11) is 0. The third kappa shape index (κ3) is 3.84. The lowest BCUT2D eigenvalue weighted by Crippen LogP contribution is -2.18. The summed E-state index contributed by atoms with van der Waals surface area (Å²) in [6, 6.07) is 19.9. The molecule has 0 atom stereocenters. The molecule has 2 aromatic carbocycles. The van der Waals surface area contributed by atoms with Crippen LogP contribution in [0.2, 0.25) is 0 Å². The Morgan fingerprint density at radius 3 is 1.89 bits per heavy atom. The monoisotopic (exact) mass is 272 g/mol. The first-order chi connectivity index (χ1) is 9.31. The first-order valence-electron chi connectivity index (χ1n) is 5.93. The van der Waals surface area contributed by atoms with Crippen LogP contribution in [0.4, 0.5) is 0 Å². The first-order valence-corrected chi connectivity index (χ1v) is 6.98. The van der Waals surface area contributed by atoms with Crippen molar-refractivity contribution in [2.45, 2.75) is 5.25 Å². The fourth-order valence-electron chi connectivity index (χ4n) is 1.83. The van der Waals surface area contributed by atoms with E-state index in [0.29, 0.717) is 0 Å². The van der Waals surface area contributed by atoms with Crippen molar-refractivity contribution in [2.24, 2.45) is 0 Å². The summed E-state index contributed by atoms with van der Waals surface area (Å²) in [5, 5.41) is 10.4. The molecule has 1 N–H and O–H groups in total. The van der Waals surface area contributed by atoms with Gasteiger partial charge in [-0.25, -0.2) is 0 Å². The van der Waals surface area contributed by atoms with E-state index in [-0.39, 0.29) is 11.0 Å². The van der Waals surface area contributed by atoms with Gasteiger partial charge in [0.1, 0.15) is 0 Å². The van der Waals surface area contributed by atoms with E-state index in [2.05, 4.69) is 0 Å². The standard InChI is InChI=1S/C15H14NO2S/c17-14(16-18)11-19-15(12-7-3-1-4-8-12)13-9-5-2-6-10-13/h1-10,15H,11H2,(H-,16,17,18)/q-1. The summed E-state index contributed by atoms with van der Waals surface area (Å²) in [5.74, 6) is -0.348. The third-order valence-corrected chi connectivity index (χ3v) is 4.01. The van der Waals surface area contributed by atoms with Gasteiger partial charge in [-0.1, -0.05) is 60.7 Å². The van der Waals surface area contributed by atoms with Gasteiger partial charge >= 0.3 is 0 Å². The molecule has 0 bridgehead atoms. The van der Waals surface area contributed by atoms with Crippen LogP contribution in [0.3, 0.4) is 0 Å². The first kappa shape index (κ1) is 13.6. The topological polar surface area (TPSA) is 52.2 Å². The molecule has 19 heavy (non-hydrogen) atoms. The quantitative estimate of drug-likeness (QED) is 0.851. The highest BCUT2D eigenvalue weighted by atomic mass is 32.2. The van der Waals surface area contributed by atoms with Gasteiger partial charge in [-0.2, -0.15) is 0 Å². The van der Waals surface area contributed by atoms with E-state index in [1.165, 1.54) is 17.2 Å². The number of rotatable bonds is 5. The fraction of sp³-hybridized carbons (Fsp3) is 0.133. The Morgan fingerprint density at radius 1 is 1.00 bits per heavy atom. The Kier molecular flexibility index (Phi) is 5.01. The normalized spacial score (nSPS) is 10.4. The summed E-state index contributed by atoms with van der Waals surface area (Å²) in [5.41, 5.74) is 3.66. The molecular formula is C15H14NO2S-. The molecule has 0 radical (unpaired) electrons. The highest BCUT2D eigenvalue weighted by Crippen LogP contribution is 2.35. The smallest absolute Gasteiger partial charge is 0.219 e. The van der Waals surface area contributed by atoms with Crippen LogP contribution >= 0.6 is 11.8 Å². The van der Waals surface area contributed by atoms with Crippen LogP contribution < -0.4 is 5.48 Å². The fourth-order valence-corrected chi connectivity index (χ4v) is 2.91. The maximum Gasteiger partial charge on any atom is 0.219 e. The highest BCUT2D eigenvalue weighted by molar-refractivity contribution is 8.00. The number of hydrogen-bond acceptors (Lipinski definition) is 3. The number of carbonyl (C=O) groups is 1. The van der Waals surface area contributed by atoms with E-state index < -0.39 is 5.91 Å². The van der Waals surface area contributed by atoms with Crippen LogP contribution in [0.15, 0.2) is 60.7 Å². The number of amides is 1. The van der Waals surface area contributed by atoms with Crippen molar-refractivity contribution >= 4 is 17.7 Å². The van der Waals surface area contributed by atoms with Crippen LogP contribution in [0.1, 0.15) is 16.4 Å². The zero-order valence-electron chi connectivity index (χ0n) is 10.3. The molecule has 0 fully saturated rings. The van der Waals surface area contributed by atoms with Gasteiger partial charge in [0, 0.05) is 0 Å². The van der Waals surface area contributed by atoms with Gasteiger partial charge in [-0.15, -0.1) is 11.8 Å². The van der Waals surface area contributed by atoms with Gasteiger partial charge in [0.25, 0.3) is 0 Å². The third-order valence-electron chi connectivity index (χ3n) is 2.70. The maximum absolute atomic E-state index is 11.1. The van der Waals surface area contributed by atoms with Crippen LogP contribution in [0, 0.1) is 5.21 Å². The predicted octanol–water partition coefficient (Wildman–Crippen LogP) is 3.12. The molecule has 3 nitrogen and oxygen atoms in total. The molecule has 0 aliphatic rings. The molecule has 98 valence electrons. The van der Waals surface area contributed by atoms with E-state index >= 15 is 0 Å². The summed E-state index contributed by atoms with van der Waals surface area (Å²) in [6.07, 6.45) is 0. The second kappa shape index (κ2) is 6.97. The molecule has 1 amide bonds. The largest absolute Gasteiger partial charge is 0.759 e. The lowest BCUT2D eigenvalue weighted by molar-refractivity contribution is -0.117. The van der Waals surface area contributed by atoms with E-state index in [9.17, 15) is 10.0 Å². The lowest BCUT2D eigenvalue weighted by atomic mass is 10.0.